The number of hydrogen-bond donors (Lipinski definition) is 0. The molecular weight excluding hydrogens is 438 g/mol. The lowest BCUT2D eigenvalue weighted by Gasteiger charge is -2.18. The average Bonchev–Trinajstić information content (AvgIpc) is 3.33. The van der Waals surface area contributed by atoms with E-state index in [-0.39, 0.29) is 5.56 Å². The highest BCUT2D eigenvalue weighted by Crippen LogP contribution is 2.34. The summed E-state index contributed by atoms with van der Waals surface area (Å²) in [6.45, 7) is 1.02. The Morgan fingerprint density at radius 1 is 0.971 bits per heavy atom. The first-order valence-electron chi connectivity index (χ1n) is 10.6. The van der Waals surface area contributed by atoms with Crippen LogP contribution in [0.4, 0.5) is 0 Å². The van der Waals surface area contributed by atoms with E-state index in [9.17, 15) is 4.79 Å². The molecule has 0 N–H and O–H groups in total. The summed E-state index contributed by atoms with van der Waals surface area (Å²) < 4.78 is 25.1. The maximum absolute atomic E-state index is 13.4. The second-order valence-corrected chi connectivity index (χ2v) is 7.59. The Kier molecular flexibility index (Phi) is 4.58. The second-order valence-electron chi connectivity index (χ2n) is 7.59. The number of hydrogen-bond acceptors (Lipinski definition) is 8. The van der Waals surface area contributed by atoms with Crippen molar-refractivity contribution in [3.63, 3.8) is 0 Å². The summed E-state index contributed by atoms with van der Waals surface area (Å²) in [6.07, 6.45) is 3.20. The summed E-state index contributed by atoms with van der Waals surface area (Å²) in [5, 5.41) is 5.01. The normalized spacial score (nSPS) is 12.8. The number of nitrogens with zero attached hydrogens (tertiary/aromatic N) is 5. The maximum Gasteiger partial charge on any atom is 0.266 e. The van der Waals surface area contributed by atoms with Gasteiger partial charge < -0.3 is 18.9 Å². The minimum Gasteiger partial charge on any atom is -0.497 e. The highest BCUT2D eigenvalue weighted by molar-refractivity contribution is 5.79. The summed E-state index contributed by atoms with van der Waals surface area (Å²) >= 11 is 0. The van der Waals surface area contributed by atoms with E-state index < -0.39 is 0 Å². The molecule has 6 rings (SSSR count). The standard InChI is InChI=1S/C24H19N5O5/c1-31-15-4-5-18(20(12-15)32-2)28-8-7-17-16(23(28)30)13-25-24-26-22(27-29(17)24)14-3-6-19-21(11-14)34-10-9-33-19/h3-8,11-13H,9-10H2,1-2H3. The van der Waals surface area contributed by atoms with Crippen molar-refractivity contribution < 1.29 is 18.9 Å². The van der Waals surface area contributed by atoms with Gasteiger partial charge in [0.1, 0.15) is 24.7 Å². The van der Waals surface area contributed by atoms with Crippen molar-refractivity contribution in [2.24, 2.45) is 0 Å². The van der Waals surface area contributed by atoms with Crippen molar-refractivity contribution in [1.29, 1.82) is 0 Å². The van der Waals surface area contributed by atoms with Crippen LogP contribution in [0.3, 0.4) is 0 Å². The molecule has 0 unspecified atom stereocenters. The third kappa shape index (κ3) is 3.11. The monoisotopic (exact) mass is 457 g/mol. The molecule has 5 aromatic rings. The van der Waals surface area contributed by atoms with Crippen LogP contribution in [0, 0.1) is 0 Å². The Balaban J connectivity index is 1.48. The number of pyridine rings is 1. The number of benzene rings is 2. The first kappa shape index (κ1) is 20.0. The van der Waals surface area contributed by atoms with Gasteiger partial charge in [-0.1, -0.05) is 0 Å². The lowest BCUT2D eigenvalue weighted by molar-refractivity contribution is 0.171. The van der Waals surface area contributed by atoms with Crippen molar-refractivity contribution in [1.82, 2.24) is 24.1 Å². The molecule has 0 fully saturated rings. The van der Waals surface area contributed by atoms with Gasteiger partial charge in [0.2, 0.25) is 0 Å². The highest BCUT2D eigenvalue weighted by Gasteiger charge is 2.17. The van der Waals surface area contributed by atoms with Crippen LogP contribution in [0.15, 0.2) is 59.7 Å². The first-order valence-corrected chi connectivity index (χ1v) is 10.6. The van der Waals surface area contributed by atoms with Crippen LogP contribution < -0.4 is 24.5 Å². The van der Waals surface area contributed by atoms with Crippen LogP contribution in [-0.2, 0) is 0 Å². The van der Waals surface area contributed by atoms with E-state index in [0.717, 1.165) is 5.56 Å². The zero-order valence-electron chi connectivity index (χ0n) is 18.4. The lowest BCUT2D eigenvalue weighted by atomic mass is 10.2. The predicted molar refractivity (Wildman–Crippen MR) is 123 cm³/mol. The summed E-state index contributed by atoms with van der Waals surface area (Å²) in [7, 11) is 3.12. The number of aromatic nitrogens is 5. The van der Waals surface area contributed by atoms with Gasteiger partial charge in [-0.3, -0.25) is 9.36 Å². The Labute approximate surface area is 192 Å². The molecule has 1 aliphatic heterocycles. The van der Waals surface area contributed by atoms with Gasteiger partial charge in [0.15, 0.2) is 17.3 Å². The maximum atomic E-state index is 13.4. The lowest BCUT2D eigenvalue weighted by Crippen LogP contribution is -2.19. The van der Waals surface area contributed by atoms with E-state index >= 15 is 0 Å². The number of rotatable bonds is 4. The fraction of sp³-hybridized carbons (Fsp3) is 0.167. The molecule has 10 nitrogen and oxygen atoms in total. The summed E-state index contributed by atoms with van der Waals surface area (Å²) in [5.41, 5.74) is 1.69. The molecule has 170 valence electrons. The van der Waals surface area contributed by atoms with E-state index in [4.69, 9.17) is 18.9 Å². The minimum atomic E-state index is -0.258. The number of fused-ring (bicyclic) bond motifs is 4. The summed E-state index contributed by atoms with van der Waals surface area (Å²) in [6, 6.07) is 12.6. The zero-order valence-corrected chi connectivity index (χ0v) is 18.4. The van der Waals surface area contributed by atoms with Gasteiger partial charge in [0.05, 0.1) is 30.8 Å². The Bertz CT molecular complexity index is 1620. The smallest absolute Gasteiger partial charge is 0.266 e. The molecule has 2 aromatic carbocycles. The average molecular weight is 457 g/mol. The van der Waals surface area contributed by atoms with Crippen LogP contribution in [0.25, 0.3) is 33.8 Å². The van der Waals surface area contributed by atoms with Crippen LogP contribution in [-0.4, -0.2) is 51.6 Å². The SMILES string of the molecule is COc1ccc(-n2ccc3c(cnc4nc(-c5ccc6c(c5)OCCO6)nn43)c2=O)c(OC)c1. The Morgan fingerprint density at radius 2 is 1.82 bits per heavy atom. The van der Waals surface area contributed by atoms with E-state index in [0.29, 0.717) is 64.4 Å². The van der Waals surface area contributed by atoms with Gasteiger partial charge in [-0.25, -0.2) is 4.98 Å². The molecule has 34 heavy (non-hydrogen) atoms. The third-order valence-corrected chi connectivity index (χ3v) is 5.68. The van der Waals surface area contributed by atoms with Gasteiger partial charge >= 0.3 is 0 Å². The predicted octanol–water partition coefficient (Wildman–Crippen LogP) is 2.88. The molecule has 0 saturated heterocycles. The summed E-state index contributed by atoms with van der Waals surface area (Å²) in [5.74, 6) is 3.34. The van der Waals surface area contributed by atoms with Crippen molar-refractivity contribution in [2.45, 2.75) is 0 Å². The van der Waals surface area contributed by atoms with Crippen molar-refractivity contribution in [2.75, 3.05) is 27.4 Å². The van der Waals surface area contributed by atoms with Gasteiger partial charge in [0, 0.05) is 24.0 Å². The molecule has 0 atom stereocenters. The molecule has 0 saturated carbocycles. The van der Waals surface area contributed by atoms with Gasteiger partial charge in [-0.15, -0.1) is 5.10 Å². The van der Waals surface area contributed by atoms with Crippen LogP contribution in [0.5, 0.6) is 23.0 Å². The zero-order chi connectivity index (χ0) is 23.2. The molecule has 0 spiro atoms. The molecule has 0 bridgehead atoms. The fourth-order valence-electron chi connectivity index (χ4n) is 4.00. The first-order chi connectivity index (χ1) is 16.7. The Hall–Kier alpha value is -4.60. The minimum absolute atomic E-state index is 0.258. The van der Waals surface area contributed by atoms with Crippen molar-refractivity contribution in [3.8, 4) is 40.1 Å². The van der Waals surface area contributed by atoms with Crippen molar-refractivity contribution >= 4 is 16.7 Å². The summed E-state index contributed by atoms with van der Waals surface area (Å²) in [4.78, 5) is 22.3. The van der Waals surface area contributed by atoms with E-state index in [2.05, 4.69) is 15.1 Å². The topological polar surface area (TPSA) is 102 Å². The van der Waals surface area contributed by atoms with Crippen LogP contribution in [0.1, 0.15) is 0 Å². The Morgan fingerprint density at radius 3 is 2.65 bits per heavy atom. The molecule has 1 aliphatic rings. The quantitative estimate of drug-likeness (QED) is 0.406. The molecular formula is C24H19N5O5. The molecule has 0 amide bonds. The molecule has 3 aromatic heterocycles. The molecule has 0 aliphatic carbocycles. The van der Waals surface area contributed by atoms with Crippen molar-refractivity contribution in [3.05, 3.63) is 65.2 Å². The highest BCUT2D eigenvalue weighted by atomic mass is 16.6. The molecule has 0 radical (unpaired) electrons. The molecule has 10 heteroatoms. The van der Waals surface area contributed by atoms with E-state index in [1.54, 1.807) is 49.2 Å². The fourth-order valence-corrected chi connectivity index (χ4v) is 4.00. The number of ether oxygens (including phenoxy) is 4. The van der Waals surface area contributed by atoms with Crippen LogP contribution in [0.2, 0.25) is 0 Å². The second kappa shape index (κ2) is 7.77. The van der Waals surface area contributed by atoms with E-state index in [1.165, 1.54) is 10.8 Å². The number of methoxy groups -OCH3 is 2. The largest absolute Gasteiger partial charge is 0.497 e. The van der Waals surface area contributed by atoms with Crippen LogP contribution >= 0.6 is 0 Å². The molecule has 4 heterocycles. The van der Waals surface area contributed by atoms with Gasteiger partial charge in [-0.05, 0) is 36.4 Å². The van der Waals surface area contributed by atoms with Gasteiger partial charge in [-0.2, -0.15) is 9.50 Å². The van der Waals surface area contributed by atoms with E-state index in [1.807, 2.05) is 18.2 Å². The third-order valence-electron chi connectivity index (χ3n) is 5.68. The van der Waals surface area contributed by atoms with Gasteiger partial charge in [0.25, 0.3) is 11.3 Å².